The monoisotopic (exact) mass is 578 g/mol. The molecule has 0 unspecified atom stereocenters. The van der Waals surface area contributed by atoms with Gasteiger partial charge in [0.2, 0.25) is 0 Å². The maximum absolute atomic E-state index is 13.3. The van der Waals surface area contributed by atoms with Crippen LogP contribution in [-0.2, 0) is 19.5 Å². The van der Waals surface area contributed by atoms with E-state index in [1.807, 2.05) is 22.9 Å². The Morgan fingerprint density at radius 1 is 1.12 bits per heavy atom. The Hall–Kier alpha value is -4.28. The SMILES string of the molecule is Cc1c(CN2CCN(C(=O)c3ncnc4sc(CC(F)(F)F)cc34)CC2)ccc2c1cc(C#N)n2Cc1cn[nH]c1. The Morgan fingerprint density at radius 2 is 1.93 bits per heavy atom. The minimum atomic E-state index is -4.33. The molecular formula is C28H25F3N8OS. The van der Waals surface area contributed by atoms with Gasteiger partial charge in [-0.2, -0.15) is 23.5 Å². The van der Waals surface area contributed by atoms with Crippen molar-refractivity contribution in [2.75, 3.05) is 26.2 Å². The minimum absolute atomic E-state index is 0.109. The summed E-state index contributed by atoms with van der Waals surface area (Å²) in [6.07, 6.45) is -0.591. The van der Waals surface area contributed by atoms with Crippen LogP contribution in [0.15, 0.2) is 43.0 Å². The van der Waals surface area contributed by atoms with Gasteiger partial charge in [0.05, 0.1) is 19.2 Å². The maximum Gasteiger partial charge on any atom is 0.393 e. The molecule has 0 atom stereocenters. The fourth-order valence-electron chi connectivity index (χ4n) is 5.36. The number of nitrogens with zero attached hydrogens (tertiary/aromatic N) is 7. The van der Waals surface area contributed by atoms with Gasteiger partial charge in [-0.3, -0.25) is 14.8 Å². The van der Waals surface area contributed by atoms with Gasteiger partial charge in [-0.05, 0) is 36.2 Å². The summed E-state index contributed by atoms with van der Waals surface area (Å²) in [5, 5.41) is 17.9. The van der Waals surface area contributed by atoms with Gasteiger partial charge in [0.1, 0.15) is 28.6 Å². The van der Waals surface area contributed by atoms with Crippen LogP contribution < -0.4 is 0 Å². The molecule has 6 rings (SSSR count). The average molecular weight is 579 g/mol. The number of carbonyl (C=O) groups is 1. The second kappa shape index (κ2) is 10.6. The highest BCUT2D eigenvalue weighted by Gasteiger charge is 2.30. The molecule has 0 spiro atoms. The maximum atomic E-state index is 13.3. The molecule has 9 nitrogen and oxygen atoms in total. The average Bonchev–Trinajstić information content (AvgIpc) is 3.68. The summed E-state index contributed by atoms with van der Waals surface area (Å²) < 4.78 is 40.7. The number of nitriles is 1. The van der Waals surface area contributed by atoms with E-state index in [2.05, 4.69) is 44.1 Å². The first-order valence-electron chi connectivity index (χ1n) is 13.0. The van der Waals surface area contributed by atoms with Gasteiger partial charge < -0.3 is 9.47 Å². The summed E-state index contributed by atoms with van der Waals surface area (Å²) in [5.41, 5.74) is 4.96. The number of rotatable bonds is 6. The van der Waals surface area contributed by atoms with Crippen LogP contribution in [-0.4, -0.2) is 72.8 Å². The molecule has 0 saturated carbocycles. The van der Waals surface area contributed by atoms with Gasteiger partial charge in [0, 0.05) is 65.7 Å². The van der Waals surface area contributed by atoms with Crippen LogP contribution in [0.1, 0.15) is 37.7 Å². The van der Waals surface area contributed by atoms with Gasteiger partial charge in [0.15, 0.2) is 0 Å². The smallest absolute Gasteiger partial charge is 0.335 e. The Bertz CT molecular complexity index is 1780. The zero-order valence-corrected chi connectivity index (χ0v) is 22.9. The van der Waals surface area contributed by atoms with E-state index in [0.29, 0.717) is 55.2 Å². The normalized spacial score (nSPS) is 14.7. The lowest BCUT2D eigenvalue weighted by Gasteiger charge is -2.35. The Morgan fingerprint density at radius 3 is 2.63 bits per heavy atom. The fourth-order valence-corrected chi connectivity index (χ4v) is 6.39. The second-order valence-corrected chi connectivity index (χ2v) is 11.2. The quantitative estimate of drug-likeness (QED) is 0.314. The number of aromatic nitrogens is 5. The molecule has 0 aliphatic carbocycles. The Kier molecular flexibility index (Phi) is 6.96. The Labute approximate surface area is 236 Å². The lowest BCUT2D eigenvalue weighted by atomic mass is 10.0. The van der Waals surface area contributed by atoms with Crippen LogP contribution in [0.4, 0.5) is 13.2 Å². The van der Waals surface area contributed by atoms with E-state index in [9.17, 15) is 23.2 Å². The van der Waals surface area contributed by atoms with E-state index in [4.69, 9.17) is 0 Å². The van der Waals surface area contributed by atoms with Crippen LogP contribution in [0.3, 0.4) is 0 Å². The number of aromatic amines is 1. The Balaban J connectivity index is 1.15. The number of carbonyl (C=O) groups excluding carboxylic acids is 1. The summed E-state index contributed by atoms with van der Waals surface area (Å²) in [6.45, 7) is 5.55. The molecule has 1 aliphatic rings. The minimum Gasteiger partial charge on any atom is -0.335 e. The first-order chi connectivity index (χ1) is 19.7. The number of H-pyrrole nitrogens is 1. The number of aryl methyl sites for hydroxylation is 1. The van der Waals surface area contributed by atoms with E-state index in [0.717, 1.165) is 38.9 Å². The summed E-state index contributed by atoms with van der Waals surface area (Å²) >= 11 is 0.937. The molecule has 5 aromatic rings. The number of fused-ring (bicyclic) bond motifs is 2. The zero-order chi connectivity index (χ0) is 28.7. The summed E-state index contributed by atoms with van der Waals surface area (Å²) in [4.78, 5) is 26.0. The molecule has 41 heavy (non-hydrogen) atoms. The molecule has 13 heteroatoms. The number of piperazine rings is 1. The van der Waals surface area contributed by atoms with Crippen LogP contribution in [0, 0.1) is 18.3 Å². The van der Waals surface area contributed by atoms with Crippen LogP contribution in [0.25, 0.3) is 21.1 Å². The van der Waals surface area contributed by atoms with Crippen molar-refractivity contribution in [3.8, 4) is 6.07 Å². The van der Waals surface area contributed by atoms with Gasteiger partial charge in [0.25, 0.3) is 5.91 Å². The fraction of sp³-hybridized carbons (Fsp3) is 0.321. The predicted molar refractivity (Wildman–Crippen MR) is 147 cm³/mol. The molecule has 5 heterocycles. The number of thiophene rings is 1. The number of hydrogen-bond donors (Lipinski definition) is 1. The summed E-state index contributed by atoms with van der Waals surface area (Å²) in [7, 11) is 0. The predicted octanol–water partition coefficient (Wildman–Crippen LogP) is 4.66. The lowest BCUT2D eigenvalue weighted by Crippen LogP contribution is -2.48. The van der Waals surface area contributed by atoms with Gasteiger partial charge in [-0.25, -0.2) is 9.97 Å². The van der Waals surface area contributed by atoms with E-state index >= 15 is 0 Å². The van der Waals surface area contributed by atoms with Gasteiger partial charge in [-0.1, -0.05) is 6.07 Å². The molecule has 1 saturated heterocycles. The first-order valence-corrected chi connectivity index (χ1v) is 13.8. The third kappa shape index (κ3) is 5.40. The number of benzene rings is 1. The van der Waals surface area contributed by atoms with E-state index in [-0.39, 0.29) is 16.5 Å². The highest BCUT2D eigenvalue weighted by molar-refractivity contribution is 7.18. The number of amides is 1. The van der Waals surface area contributed by atoms with Crippen molar-refractivity contribution in [3.05, 3.63) is 75.9 Å². The standard InChI is InChI=1S/C28H25F3N8OS/c1-17-19(2-3-24-22(17)8-20(11-32)39(24)14-18-12-35-36-13-18)15-37-4-6-38(7-5-37)27(40)25-23-9-21(10-28(29,30)31)41-26(23)34-16-33-25/h2-3,8-9,12-13,16H,4-7,10,14-15H2,1H3,(H,35,36). The van der Waals surface area contributed by atoms with Crippen molar-refractivity contribution in [2.45, 2.75) is 32.6 Å². The molecule has 4 aromatic heterocycles. The lowest BCUT2D eigenvalue weighted by molar-refractivity contribution is -0.126. The molecule has 1 N–H and O–H groups in total. The van der Waals surface area contributed by atoms with Gasteiger partial charge in [-0.15, -0.1) is 11.3 Å². The van der Waals surface area contributed by atoms with Crippen LogP contribution in [0.2, 0.25) is 0 Å². The molecular weight excluding hydrogens is 553 g/mol. The number of alkyl halides is 3. The highest BCUT2D eigenvalue weighted by Crippen LogP contribution is 2.32. The molecule has 1 fully saturated rings. The molecule has 0 bridgehead atoms. The number of halogens is 3. The van der Waals surface area contributed by atoms with Crippen molar-refractivity contribution in [3.63, 3.8) is 0 Å². The third-order valence-electron chi connectivity index (χ3n) is 7.49. The van der Waals surface area contributed by atoms with Crippen LogP contribution in [0.5, 0.6) is 0 Å². The van der Waals surface area contributed by atoms with Crippen molar-refractivity contribution in [1.82, 2.24) is 34.5 Å². The molecule has 1 aliphatic heterocycles. The van der Waals surface area contributed by atoms with Gasteiger partial charge >= 0.3 is 6.18 Å². The molecule has 1 aromatic carbocycles. The molecule has 210 valence electrons. The number of nitrogens with one attached hydrogen (secondary N) is 1. The van der Waals surface area contributed by atoms with Crippen molar-refractivity contribution >= 4 is 38.4 Å². The van der Waals surface area contributed by atoms with E-state index in [1.165, 1.54) is 12.4 Å². The zero-order valence-electron chi connectivity index (χ0n) is 22.1. The highest BCUT2D eigenvalue weighted by atomic mass is 32.1. The van der Waals surface area contributed by atoms with Crippen molar-refractivity contribution < 1.29 is 18.0 Å². The topological polar surface area (TPSA) is 107 Å². The number of hydrogen-bond acceptors (Lipinski definition) is 7. The van der Waals surface area contributed by atoms with E-state index in [1.54, 1.807) is 11.1 Å². The molecule has 0 radical (unpaired) electrons. The molecule has 1 amide bonds. The third-order valence-corrected chi connectivity index (χ3v) is 8.53. The first kappa shape index (κ1) is 26.9. The summed E-state index contributed by atoms with van der Waals surface area (Å²) in [5.74, 6) is -0.297. The summed E-state index contributed by atoms with van der Waals surface area (Å²) in [6, 6.07) is 9.76. The van der Waals surface area contributed by atoms with Crippen LogP contribution >= 0.6 is 11.3 Å². The largest absolute Gasteiger partial charge is 0.393 e. The van der Waals surface area contributed by atoms with E-state index < -0.39 is 12.6 Å². The van der Waals surface area contributed by atoms with Crippen molar-refractivity contribution in [2.24, 2.45) is 0 Å². The van der Waals surface area contributed by atoms with Crippen molar-refractivity contribution in [1.29, 1.82) is 5.26 Å². The second-order valence-electron chi connectivity index (χ2n) is 10.1.